The maximum atomic E-state index is 13.2. The highest BCUT2D eigenvalue weighted by atomic mass is 19.1. The highest BCUT2D eigenvalue weighted by Crippen LogP contribution is 2.26. The molecule has 8 heteroatoms. The van der Waals surface area contributed by atoms with E-state index in [9.17, 15) is 24.1 Å². The van der Waals surface area contributed by atoms with Crippen LogP contribution in [-0.4, -0.2) is 21.9 Å². The molecule has 102 valence electrons. The lowest BCUT2D eigenvalue weighted by Gasteiger charge is -2.20. The second-order valence-electron chi connectivity index (χ2n) is 4.25. The van der Waals surface area contributed by atoms with Crippen molar-refractivity contribution in [1.82, 2.24) is 0 Å². The molecule has 19 heavy (non-hydrogen) atoms. The van der Waals surface area contributed by atoms with Crippen molar-refractivity contribution in [2.24, 2.45) is 11.1 Å². The minimum absolute atomic E-state index is 0.00963. The van der Waals surface area contributed by atoms with Crippen LogP contribution in [0.5, 0.6) is 0 Å². The molecule has 7 nitrogen and oxygen atoms in total. The number of rotatable bonds is 5. The number of halogens is 1. The van der Waals surface area contributed by atoms with Gasteiger partial charge in [0.05, 0.1) is 11.0 Å². The van der Waals surface area contributed by atoms with Crippen LogP contribution in [0, 0.1) is 21.3 Å². The number of carboxylic acids is 1. The molecule has 1 rings (SSSR count). The summed E-state index contributed by atoms with van der Waals surface area (Å²) in [6.07, 6.45) is -0.434. The number of carboxylic acid groups (broad SMARTS) is 1. The van der Waals surface area contributed by atoms with Crippen LogP contribution in [0.4, 0.5) is 10.1 Å². The van der Waals surface area contributed by atoms with Gasteiger partial charge in [0.15, 0.2) is 0 Å². The summed E-state index contributed by atoms with van der Waals surface area (Å²) in [6, 6.07) is 2.64. The predicted octanol–water partition coefficient (Wildman–Crippen LogP) is 0.853. The monoisotopic (exact) mass is 270 g/mol. The van der Waals surface area contributed by atoms with Crippen LogP contribution < -0.4 is 5.73 Å². The van der Waals surface area contributed by atoms with E-state index in [2.05, 4.69) is 0 Å². The van der Waals surface area contributed by atoms with Crippen LogP contribution in [-0.2, 0) is 16.0 Å². The quantitative estimate of drug-likeness (QED) is 0.466. The average molecular weight is 270 g/mol. The van der Waals surface area contributed by atoms with E-state index in [1.807, 2.05) is 0 Å². The zero-order valence-electron chi connectivity index (χ0n) is 9.92. The molecule has 1 aromatic rings. The van der Waals surface area contributed by atoms with Gasteiger partial charge >= 0.3 is 5.97 Å². The first-order chi connectivity index (χ1) is 8.66. The number of nitrogens with two attached hydrogens (primary N) is 1. The van der Waals surface area contributed by atoms with Crippen LogP contribution >= 0.6 is 0 Å². The summed E-state index contributed by atoms with van der Waals surface area (Å²) in [5.41, 5.74) is 2.54. The zero-order valence-corrected chi connectivity index (χ0v) is 9.92. The molecule has 0 radical (unpaired) electrons. The molecular formula is C11H11FN2O5. The molecule has 1 unspecified atom stereocenters. The maximum absolute atomic E-state index is 13.2. The molecule has 0 saturated heterocycles. The molecule has 0 aromatic heterocycles. The van der Waals surface area contributed by atoms with Crippen LogP contribution in [0.1, 0.15) is 12.5 Å². The number of aliphatic carboxylic acids is 1. The third-order valence-electron chi connectivity index (χ3n) is 2.73. The lowest BCUT2D eigenvalue weighted by Crippen LogP contribution is -2.43. The van der Waals surface area contributed by atoms with Crippen molar-refractivity contribution in [2.45, 2.75) is 13.3 Å². The molecule has 0 aliphatic heterocycles. The number of benzene rings is 1. The van der Waals surface area contributed by atoms with Crippen molar-refractivity contribution in [1.29, 1.82) is 0 Å². The van der Waals surface area contributed by atoms with Crippen LogP contribution in [0.15, 0.2) is 18.2 Å². The van der Waals surface area contributed by atoms with E-state index in [1.54, 1.807) is 0 Å². The van der Waals surface area contributed by atoms with Gasteiger partial charge in [0.2, 0.25) is 5.91 Å². The predicted molar refractivity (Wildman–Crippen MR) is 61.7 cm³/mol. The fraction of sp³-hybridized carbons (Fsp3) is 0.273. The van der Waals surface area contributed by atoms with Gasteiger partial charge in [-0.05, 0) is 25.0 Å². The number of hydrogen-bond acceptors (Lipinski definition) is 4. The highest BCUT2D eigenvalue weighted by molar-refractivity contribution is 6.00. The van der Waals surface area contributed by atoms with Crippen molar-refractivity contribution in [3.63, 3.8) is 0 Å². The molecule has 0 heterocycles. The van der Waals surface area contributed by atoms with Crippen LogP contribution in [0.3, 0.4) is 0 Å². The molecule has 1 atom stereocenters. The Morgan fingerprint density at radius 2 is 2.05 bits per heavy atom. The normalized spacial score (nSPS) is 13.6. The van der Waals surface area contributed by atoms with Gasteiger partial charge in [0.25, 0.3) is 5.69 Å². The van der Waals surface area contributed by atoms with Crippen LogP contribution in [0.2, 0.25) is 0 Å². The SMILES string of the molecule is CC(Cc1cc(F)cc([N+](=O)[O-])c1)(C(N)=O)C(=O)O. The maximum Gasteiger partial charge on any atom is 0.319 e. The van der Waals surface area contributed by atoms with Gasteiger partial charge in [0.1, 0.15) is 11.2 Å². The van der Waals surface area contributed by atoms with E-state index in [1.165, 1.54) is 0 Å². The third-order valence-corrected chi connectivity index (χ3v) is 2.73. The third kappa shape index (κ3) is 3.03. The minimum atomic E-state index is -1.96. The van der Waals surface area contributed by atoms with Crippen molar-refractivity contribution in [3.05, 3.63) is 39.7 Å². The number of nitro groups is 1. The van der Waals surface area contributed by atoms with E-state index in [0.29, 0.717) is 6.07 Å². The van der Waals surface area contributed by atoms with Crippen molar-refractivity contribution in [2.75, 3.05) is 0 Å². The standard InChI is InChI=1S/C11H11FN2O5/c1-11(9(13)15,10(16)17)5-6-2-7(12)4-8(3-6)14(18)19/h2-4H,5H2,1H3,(H2,13,15)(H,16,17). The number of nitrogens with zero attached hydrogens (tertiary/aromatic N) is 1. The number of non-ortho nitro benzene ring substituents is 1. The van der Waals surface area contributed by atoms with Crippen molar-refractivity contribution < 1.29 is 24.0 Å². The minimum Gasteiger partial charge on any atom is -0.480 e. The van der Waals surface area contributed by atoms with Gasteiger partial charge in [-0.3, -0.25) is 19.7 Å². The van der Waals surface area contributed by atoms with Gasteiger partial charge in [-0.1, -0.05) is 0 Å². The summed E-state index contributed by atoms with van der Waals surface area (Å²) in [6.45, 7) is 1.08. The number of primary amides is 1. The van der Waals surface area contributed by atoms with E-state index in [0.717, 1.165) is 19.1 Å². The first-order valence-electron chi connectivity index (χ1n) is 5.14. The van der Waals surface area contributed by atoms with Gasteiger partial charge in [0, 0.05) is 6.07 Å². The Morgan fingerprint density at radius 1 is 1.47 bits per heavy atom. The summed E-state index contributed by atoms with van der Waals surface area (Å²) >= 11 is 0. The number of nitro benzene ring substituents is 1. The van der Waals surface area contributed by atoms with Crippen molar-refractivity contribution in [3.8, 4) is 0 Å². The smallest absolute Gasteiger partial charge is 0.319 e. The summed E-state index contributed by atoms with van der Waals surface area (Å²) < 4.78 is 13.2. The lowest BCUT2D eigenvalue weighted by atomic mass is 9.83. The Bertz CT molecular complexity index is 544. The Labute approximate surface area is 107 Å². The van der Waals surface area contributed by atoms with Crippen molar-refractivity contribution >= 4 is 17.6 Å². The molecule has 1 aromatic carbocycles. The molecule has 0 aliphatic rings. The van der Waals surface area contributed by atoms with Gasteiger partial charge in [-0.2, -0.15) is 0 Å². The molecule has 0 fully saturated rings. The van der Waals surface area contributed by atoms with Crippen LogP contribution in [0.25, 0.3) is 0 Å². The van der Waals surface area contributed by atoms with E-state index >= 15 is 0 Å². The second kappa shape index (κ2) is 5.01. The van der Waals surface area contributed by atoms with Gasteiger partial charge < -0.3 is 10.8 Å². The summed E-state index contributed by atoms with van der Waals surface area (Å²) in [5.74, 6) is -3.47. The Kier molecular flexibility index (Phi) is 3.83. The summed E-state index contributed by atoms with van der Waals surface area (Å²) in [5, 5.41) is 19.6. The fourth-order valence-corrected chi connectivity index (χ4v) is 1.52. The van der Waals surface area contributed by atoms with Gasteiger partial charge in [-0.25, -0.2) is 4.39 Å². The summed E-state index contributed by atoms with van der Waals surface area (Å²) in [4.78, 5) is 32.0. The number of carbonyl (C=O) groups is 2. The molecule has 3 N–H and O–H groups in total. The van der Waals surface area contributed by atoms with E-state index < -0.39 is 40.1 Å². The number of hydrogen-bond donors (Lipinski definition) is 2. The largest absolute Gasteiger partial charge is 0.480 e. The first-order valence-corrected chi connectivity index (χ1v) is 5.14. The molecule has 0 aliphatic carbocycles. The molecule has 0 spiro atoms. The average Bonchev–Trinajstić information content (AvgIpc) is 2.27. The number of amides is 1. The Morgan fingerprint density at radius 3 is 2.47 bits per heavy atom. The fourth-order valence-electron chi connectivity index (χ4n) is 1.52. The van der Waals surface area contributed by atoms with Gasteiger partial charge in [-0.15, -0.1) is 0 Å². The first kappa shape index (κ1) is 14.6. The number of carbonyl (C=O) groups excluding carboxylic acids is 1. The second-order valence-corrected chi connectivity index (χ2v) is 4.25. The molecular weight excluding hydrogens is 259 g/mol. The molecule has 0 saturated carbocycles. The topological polar surface area (TPSA) is 124 Å². The Hall–Kier alpha value is -2.51. The lowest BCUT2D eigenvalue weighted by molar-refractivity contribution is -0.385. The molecule has 1 amide bonds. The highest BCUT2D eigenvalue weighted by Gasteiger charge is 2.40. The summed E-state index contributed by atoms with van der Waals surface area (Å²) in [7, 11) is 0. The zero-order chi connectivity index (χ0) is 14.8. The van der Waals surface area contributed by atoms with E-state index in [-0.39, 0.29) is 5.56 Å². The van der Waals surface area contributed by atoms with E-state index in [4.69, 9.17) is 10.8 Å². The molecule has 0 bridgehead atoms. The Balaban J connectivity index is 3.21.